The predicted octanol–water partition coefficient (Wildman–Crippen LogP) is 1.49. The van der Waals surface area contributed by atoms with Crippen LogP contribution in [0.5, 0.6) is 0 Å². The van der Waals surface area contributed by atoms with Crippen molar-refractivity contribution in [3.05, 3.63) is 0 Å². The Bertz CT molecular complexity index is 78.5. The topological polar surface area (TPSA) is 35.2 Å². The Balaban J connectivity index is 2.80. The maximum absolute atomic E-state index is 5.57. The van der Waals surface area contributed by atoms with Gasteiger partial charge in [-0.15, -0.1) is 0 Å². The largest absolute Gasteiger partial charge is 0.381 e. The molecule has 0 aliphatic rings. The summed E-state index contributed by atoms with van der Waals surface area (Å²) < 4.78 is 5.30. The monoisotopic (exact) mass is 177 g/mol. The Morgan fingerprint density at radius 2 is 2.18 bits per heavy atom. The minimum atomic E-state index is 0.311. The maximum atomic E-state index is 5.57. The van der Waals surface area contributed by atoms with E-state index in [0.717, 1.165) is 31.1 Å². The molecule has 0 fully saturated rings. The van der Waals surface area contributed by atoms with Gasteiger partial charge in [0, 0.05) is 24.2 Å². The van der Waals surface area contributed by atoms with Gasteiger partial charge in [0.15, 0.2) is 0 Å². The number of nitrogens with two attached hydrogens (primary N) is 1. The number of hydrogen-bond acceptors (Lipinski definition) is 3. The number of thioether (sulfide) groups is 1. The van der Waals surface area contributed by atoms with Gasteiger partial charge in [0.25, 0.3) is 0 Å². The molecule has 11 heavy (non-hydrogen) atoms. The third-order valence-corrected chi connectivity index (χ3v) is 2.32. The van der Waals surface area contributed by atoms with E-state index in [4.69, 9.17) is 10.5 Å². The van der Waals surface area contributed by atoms with Crippen LogP contribution in [0.3, 0.4) is 0 Å². The van der Waals surface area contributed by atoms with Gasteiger partial charge in [-0.1, -0.05) is 6.92 Å². The minimum absolute atomic E-state index is 0.311. The highest BCUT2D eigenvalue weighted by atomic mass is 32.2. The van der Waals surface area contributed by atoms with Crippen molar-refractivity contribution in [1.82, 2.24) is 0 Å². The van der Waals surface area contributed by atoms with Crippen LogP contribution in [0.4, 0.5) is 0 Å². The molecular formula is C8H19NOS. The third-order valence-electron chi connectivity index (χ3n) is 1.10. The van der Waals surface area contributed by atoms with Crippen molar-refractivity contribution in [1.29, 1.82) is 0 Å². The molecule has 0 radical (unpaired) electrons. The van der Waals surface area contributed by atoms with Crippen LogP contribution < -0.4 is 5.73 Å². The van der Waals surface area contributed by atoms with Crippen molar-refractivity contribution in [2.24, 2.45) is 5.73 Å². The number of hydrogen-bond donors (Lipinski definition) is 1. The van der Waals surface area contributed by atoms with Crippen LogP contribution in [0.25, 0.3) is 0 Å². The highest BCUT2D eigenvalue weighted by Crippen LogP contribution is 2.00. The van der Waals surface area contributed by atoms with E-state index in [9.17, 15) is 0 Å². The molecule has 0 amide bonds. The molecule has 1 atom stereocenters. The zero-order valence-corrected chi connectivity index (χ0v) is 8.32. The average Bonchev–Trinajstić information content (AvgIpc) is 1.96. The summed E-state index contributed by atoms with van der Waals surface area (Å²) in [7, 11) is 0. The number of rotatable bonds is 7. The first-order chi connectivity index (χ1) is 5.27. The molecule has 0 aromatic carbocycles. The molecule has 0 bridgehead atoms. The quantitative estimate of drug-likeness (QED) is 0.598. The molecule has 2 nitrogen and oxygen atoms in total. The molecule has 68 valence electrons. The molecule has 0 saturated heterocycles. The summed E-state index contributed by atoms with van der Waals surface area (Å²) in [6, 6.07) is 0.311. The molecule has 3 heteroatoms. The normalized spacial score (nSPS) is 13.4. The van der Waals surface area contributed by atoms with Crippen LogP contribution in [0.2, 0.25) is 0 Å². The van der Waals surface area contributed by atoms with Crippen LogP contribution in [-0.4, -0.2) is 30.8 Å². The highest BCUT2D eigenvalue weighted by Gasteiger charge is 1.93. The van der Waals surface area contributed by atoms with E-state index in [2.05, 4.69) is 6.92 Å². The zero-order chi connectivity index (χ0) is 8.53. The van der Waals surface area contributed by atoms with Crippen molar-refractivity contribution in [2.45, 2.75) is 26.3 Å². The van der Waals surface area contributed by atoms with Gasteiger partial charge in [0.1, 0.15) is 0 Å². The van der Waals surface area contributed by atoms with Gasteiger partial charge in [-0.25, -0.2) is 0 Å². The molecular weight excluding hydrogens is 158 g/mol. The molecule has 0 rings (SSSR count). The Hall–Kier alpha value is 0.270. The van der Waals surface area contributed by atoms with Crippen LogP contribution in [0.15, 0.2) is 0 Å². The summed E-state index contributed by atoms with van der Waals surface area (Å²) in [6.07, 6.45) is 1.11. The molecule has 0 spiro atoms. The van der Waals surface area contributed by atoms with Crippen molar-refractivity contribution in [2.75, 3.05) is 24.7 Å². The maximum Gasteiger partial charge on any atom is 0.0556 e. The van der Waals surface area contributed by atoms with Crippen LogP contribution in [-0.2, 0) is 4.74 Å². The second kappa shape index (κ2) is 8.37. The molecule has 0 aromatic rings. The van der Waals surface area contributed by atoms with E-state index in [0.29, 0.717) is 6.04 Å². The lowest BCUT2D eigenvalue weighted by molar-refractivity contribution is 0.151. The summed E-state index contributed by atoms with van der Waals surface area (Å²) in [5.41, 5.74) is 5.57. The van der Waals surface area contributed by atoms with Crippen LogP contribution in [0, 0.1) is 0 Å². The standard InChI is InChI=1S/C8H19NOS/c1-3-4-10-5-6-11-7-8(2)9/h8H,3-7,9H2,1-2H3. The fraction of sp³-hybridized carbons (Fsp3) is 1.00. The van der Waals surface area contributed by atoms with Crippen molar-refractivity contribution in [3.63, 3.8) is 0 Å². The first-order valence-corrected chi connectivity index (χ1v) is 5.34. The highest BCUT2D eigenvalue weighted by molar-refractivity contribution is 7.99. The van der Waals surface area contributed by atoms with Crippen molar-refractivity contribution in [3.8, 4) is 0 Å². The van der Waals surface area contributed by atoms with E-state index in [1.807, 2.05) is 18.7 Å². The van der Waals surface area contributed by atoms with Crippen LogP contribution in [0.1, 0.15) is 20.3 Å². The molecule has 0 heterocycles. The predicted molar refractivity (Wildman–Crippen MR) is 52.1 cm³/mol. The minimum Gasteiger partial charge on any atom is -0.381 e. The van der Waals surface area contributed by atoms with Gasteiger partial charge in [0.05, 0.1) is 6.61 Å². The molecule has 0 aliphatic heterocycles. The van der Waals surface area contributed by atoms with E-state index in [-0.39, 0.29) is 0 Å². The Kier molecular flexibility index (Phi) is 8.57. The molecule has 1 unspecified atom stereocenters. The summed E-state index contributed by atoms with van der Waals surface area (Å²) in [4.78, 5) is 0. The van der Waals surface area contributed by atoms with Crippen molar-refractivity contribution < 1.29 is 4.74 Å². The lowest BCUT2D eigenvalue weighted by Gasteiger charge is -2.04. The van der Waals surface area contributed by atoms with Gasteiger partial charge >= 0.3 is 0 Å². The second-order valence-electron chi connectivity index (χ2n) is 2.66. The zero-order valence-electron chi connectivity index (χ0n) is 7.51. The summed E-state index contributed by atoms with van der Waals surface area (Å²) >= 11 is 1.86. The second-order valence-corrected chi connectivity index (χ2v) is 3.81. The Morgan fingerprint density at radius 1 is 1.45 bits per heavy atom. The first-order valence-electron chi connectivity index (χ1n) is 4.18. The fourth-order valence-electron chi connectivity index (χ4n) is 0.633. The Labute approximate surface area is 73.9 Å². The van der Waals surface area contributed by atoms with Crippen LogP contribution >= 0.6 is 11.8 Å². The summed E-state index contributed by atoms with van der Waals surface area (Å²) in [6.45, 7) is 5.90. The first kappa shape index (κ1) is 11.3. The third kappa shape index (κ3) is 10.3. The van der Waals surface area contributed by atoms with Gasteiger partial charge in [-0.3, -0.25) is 0 Å². The molecule has 0 aromatic heterocycles. The lowest BCUT2D eigenvalue weighted by Crippen LogP contribution is -2.18. The van der Waals surface area contributed by atoms with Crippen molar-refractivity contribution >= 4 is 11.8 Å². The molecule has 2 N–H and O–H groups in total. The number of ether oxygens (including phenoxy) is 1. The molecule has 0 aliphatic carbocycles. The summed E-state index contributed by atoms with van der Waals surface area (Å²) in [5, 5.41) is 0. The van der Waals surface area contributed by atoms with Gasteiger partial charge in [-0.2, -0.15) is 11.8 Å². The van der Waals surface area contributed by atoms with E-state index < -0.39 is 0 Å². The van der Waals surface area contributed by atoms with E-state index in [1.54, 1.807) is 0 Å². The molecule has 0 saturated carbocycles. The SMILES string of the molecule is CCCOCCSCC(C)N. The lowest BCUT2D eigenvalue weighted by atomic mass is 10.4. The van der Waals surface area contributed by atoms with Gasteiger partial charge in [0.2, 0.25) is 0 Å². The van der Waals surface area contributed by atoms with Gasteiger partial charge in [-0.05, 0) is 13.3 Å². The summed E-state index contributed by atoms with van der Waals surface area (Å²) in [5.74, 6) is 2.11. The Morgan fingerprint density at radius 3 is 2.73 bits per heavy atom. The fourth-order valence-corrected chi connectivity index (χ4v) is 1.41. The smallest absolute Gasteiger partial charge is 0.0556 e. The average molecular weight is 177 g/mol. The van der Waals surface area contributed by atoms with Gasteiger partial charge < -0.3 is 10.5 Å². The van der Waals surface area contributed by atoms with E-state index in [1.165, 1.54) is 0 Å². The van der Waals surface area contributed by atoms with E-state index >= 15 is 0 Å².